The van der Waals surface area contributed by atoms with Gasteiger partial charge in [0.1, 0.15) is 6.42 Å². The van der Waals surface area contributed by atoms with Crippen molar-refractivity contribution in [1.29, 1.82) is 0 Å². The molecule has 0 aromatic rings. The Bertz CT molecular complexity index is 270. The first-order valence-electron chi connectivity index (χ1n) is 5.58. The van der Waals surface area contributed by atoms with Gasteiger partial charge in [-0.1, -0.05) is 6.92 Å². The number of aliphatic carboxylic acids is 1. The van der Waals surface area contributed by atoms with Crippen LogP contribution in [0.5, 0.6) is 0 Å². The summed E-state index contributed by atoms with van der Waals surface area (Å²) in [5.74, 6) is -1.47. The third-order valence-corrected chi connectivity index (χ3v) is 3.22. The van der Waals surface area contributed by atoms with E-state index in [1.807, 2.05) is 0 Å². The van der Waals surface area contributed by atoms with E-state index in [0.717, 1.165) is 25.9 Å². The van der Waals surface area contributed by atoms with Gasteiger partial charge in [0.15, 0.2) is 0 Å². The molecule has 1 saturated heterocycles. The van der Waals surface area contributed by atoms with Crippen LogP contribution in [0.25, 0.3) is 0 Å². The summed E-state index contributed by atoms with van der Waals surface area (Å²) in [6.45, 7) is 4.78. The van der Waals surface area contributed by atoms with Crippen molar-refractivity contribution in [2.75, 3.05) is 26.7 Å². The van der Waals surface area contributed by atoms with Gasteiger partial charge >= 0.3 is 5.97 Å². The van der Waals surface area contributed by atoms with Crippen molar-refractivity contribution >= 4 is 11.9 Å². The molecular weight excluding hydrogens is 208 g/mol. The zero-order chi connectivity index (χ0) is 12.2. The summed E-state index contributed by atoms with van der Waals surface area (Å²) in [4.78, 5) is 23.8. The predicted octanol–water partition coefficient (Wildman–Crippen LogP) is 0.309. The molecule has 2 N–H and O–H groups in total. The standard InChI is InChI=1S/C11H20N2O3/c1-11(3-5-13(2)6-4-11)8-12-9(14)7-10(15)16/h3-8H2,1-2H3,(H,12,14)(H,15,16). The van der Waals surface area contributed by atoms with Crippen molar-refractivity contribution in [2.24, 2.45) is 5.41 Å². The van der Waals surface area contributed by atoms with Crippen molar-refractivity contribution in [3.8, 4) is 0 Å². The molecule has 1 rings (SSSR count). The van der Waals surface area contributed by atoms with Gasteiger partial charge < -0.3 is 15.3 Å². The number of likely N-dealkylation sites (tertiary alicyclic amines) is 1. The molecule has 0 bridgehead atoms. The highest BCUT2D eigenvalue weighted by atomic mass is 16.4. The molecule has 5 heteroatoms. The van der Waals surface area contributed by atoms with Crippen LogP contribution in [-0.4, -0.2) is 48.6 Å². The van der Waals surface area contributed by atoms with Gasteiger partial charge in [0.05, 0.1) is 0 Å². The molecule has 5 nitrogen and oxygen atoms in total. The van der Waals surface area contributed by atoms with Gasteiger partial charge in [-0.15, -0.1) is 0 Å². The number of nitrogens with zero attached hydrogens (tertiary/aromatic N) is 1. The highest BCUT2D eigenvalue weighted by Crippen LogP contribution is 2.29. The minimum atomic E-state index is -1.08. The topological polar surface area (TPSA) is 69.6 Å². The average molecular weight is 228 g/mol. The lowest BCUT2D eigenvalue weighted by molar-refractivity contribution is -0.140. The fourth-order valence-corrected chi connectivity index (χ4v) is 1.85. The minimum Gasteiger partial charge on any atom is -0.481 e. The second-order valence-electron chi connectivity index (χ2n) is 4.96. The second kappa shape index (κ2) is 5.30. The fourth-order valence-electron chi connectivity index (χ4n) is 1.85. The van der Waals surface area contributed by atoms with Crippen molar-refractivity contribution in [1.82, 2.24) is 10.2 Å². The predicted molar refractivity (Wildman–Crippen MR) is 60.1 cm³/mol. The average Bonchev–Trinajstić information content (AvgIpc) is 2.20. The normalized spacial score (nSPS) is 20.4. The molecule has 0 aromatic carbocycles. The van der Waals surface area contributed by atoms with Crippen molar-refractivity contribution < 1.29 is 14.7 Å². The number of nitrogens with one attached hydrogen (secondary N) is 1. The zero-order valence-corrected chi connectivity index (χ0v) is 9.95. The molecule has 0 unspecified atom stereocenters. The number of carboxylic acids is 1. The molecule has 0 saturated carbocycles. The molecule has 0 aromatic heterocycles. The molecule has 1 amide bonds. The van der Waals surface area contributed by atoms with Crippen LogP contribution in [0, 0.1) is 5.41 Å². The number of rotatable bonds is 4. The van der Waals surface area contributed by atoms with Gasteiger partial charge in [-0.25, -0.2) is 0 Å². The molecule has 1 aliphatic heterocycles. The summed E-state index contributed by atoms with van der Waals surface area (Å²) >= 11 is 0. The van der Waals surface area contributed by atoms with E-state index in [1.54, 1.807) is 0 Å². The highest BCUT2D eigenvalue weighted by Gasteiger charge is 2.29. The van der Waals surface area contributed by atoms with Crippen LogP contribution < -0.4 is 5.32 Å². The monoisotopic (exact) mass is 228 g/mol. The van der Waals surface area contributed by atoms with Crippen LogP contribution in [0.3, 0.4) is 0 Å². The summed E-state index contributed by atoms with van der Waals surface area (Å²) in [6.07, 6.45) is 1.64. The van der Waals surface area contributed by atoms with Crippen molar-refractivity contribution in [3.05, 3.63) is 0 Å². The van der Waals surface area contributed by atoms with Crippen molar-refractivity contribution in [2.45, 2.75) is 26.2 Å². The number of hydrogen-bond acceptors (Lipinski definition) is 3. The molecule has 0 atom stereocenters. The molecule has 92 valence electrons. The molecule has 1 fully saturated rings. The molecule has 1 heterocycles. The maximum atomic E-state index is 11.2. The summed E-state index contributed by atoms with van der Waals surface area (Å²) in [5, 5.41) is 11.2. The Labute approximate surface area is 95.8 Å². The number of piperidine rings is 1. The number of hydrogen-bond donors (Lipinski definition) is 2. The van der Waals surface area contributed by atoms with E-state index in [0.29, 0.717) is 6.54 Å². The van der Waals surface area contributed by atoms with Gasteiger partial charge in [0.25, 0.3) is 0 Å². The van der Waals surface area contributed by atoms with Gasteiger partial charge in [-0.2, -0.15) is 0 Å². The van der Waals surface area contributed by atoms with Gasteiger partial charge in [-0.3, -0.25) is 9.59 Å². The Kier molecular flexibility index (Phi) is 4.29. The lowest BCUT2D eigenvalue weighted by Gasteiger charge is -2.37. The highest BCUT2D eigenvalue weighted by molar-refractivity contribution is 5.93. The first-order valence-corrected chi connectivity index (χ1v) is 5.58. The third kappa shape index (κ3) is 4.18. The van der Waals surface area contributed by atoms with E-state index >= 15 is 0 Å². The molecule has 16 heavy (non-hydrogen) atoms. The minimum absolute atomic E-state index is 0.112. The van der Waals surface area contributed by atoms with Gasteiger partial charge in [0, 0.05) is 6.54 Å². The quantitative estimate of drug-likeness (QED) is 0.679. The number of amides is 1. The lowest BCUT2D eigenvalue weighted by atomic mass is 9.80. The largest absolute Gasteiger partial charge is 0.481 e. The second-order valence-corrected chi connectivity index (χ2v) is 4.96. The Balaban J connectivity index is 2.31. The molecule has 0 aliphatic carbocycles. The van der Waals surface area contributed by atoms with Crippen LogP contribution in [-0.2, 0) is 9.59 Å². The van der Waals surface area contributed by atoms with Crippen LogP contribution >= 0.6 is 0 Å². The maximum Gasteiger partial charge on any atom is 0.312 e. The van der Waals surface area contributed by atoms with E-state index in [1.165, 1.54) is 0 Å². The van der Waals surface area contributed by atoms with Crippen molar-refractivity contribution in [3.63, 3.8) is 0 Å². The summed E-state index contributed by atoms with van der Waals surface area (Å²) in [7, 11) is 2.09. The Morgan fingerprint density at radius 1 is 1.38 bits per heavy atom. The fraction of sp³-hybridized carbons (Fsp3) is 0.818. The van der Waals surface area contributed by atoms with E-state index < -0.39 is 18.3 Å². The van der Waals surface area contributed by atoms with E-state index in [-0.39, 0.29) is 5.41 Å². The number of carboxylic acid groups (broad SMARTS) is 1. The number of carbonyl (C=O) groups is 2. The third-order valence-electron chi connectivity index (χ3n) is 3.22. The SMILES string of the molecule is CN1CCC(C)(CNC(=O)CC(=O)O)CC1. The molecular formula is C11H20N2O3. The Morgan fingerprint density at radius 3 is 2.44 bits per heavy atom. The van der Waals surface area contributed by atoms with E-state index in [9.17, 15) is 9.59 Å². The van der Waals surface area contributed by atoms with Crippen LogP contribution in [0.2, 0.25) is 0 Å². The Morgan fingerprint density at radius 2 is 1.94 bits per heavy atom. The van der Waals surface area contributed by atoms with E-state index in [2.05, 4.69) is 24.2 Å². The Hall–Kier alpha value is -1.10. The van der Waals surface area contributed by atoms with Crippen LogP contribution in [0.15, 0.2) is 0 Å². The van der Waals surface area contributed by atoms with Gasteiger partial charge in [-0.05, 0) is 38.4 Å². The van der Waals surface area contributed by atoms with Gasteiger partial charge in [0.2, 0.25) is 5.91 Å². The maximum absolute atomic E-state index is 11.2. The zero-order valence-electron chi connectivity index (χ0n) is 9.95. The van der Waals surface area contributed by atoms with E-state index in [4.69, 9.17) is 5.11 Å². The first kappa shape index (κ1) is 13.0. The van der Waals surface area contributed by atoms with Crippen LogP contribution in [0.1, 0.15) is 26.2 Å². The molecule has 1 aliphatic rings. The van der Waals surface area contributed by atoms with Crippen LogP contribution in [0.4, 0.5) is 0 Å². The lowest BCUT2D eigenvalue weighted by Crippen LogP contribution is -2.43. The molecule has 0 spiro atoms. The first-order chi connectivity index (χ1) is 7.41. The molecule has 0 radical (unpaired) electrons. The number of carbonyl (C=O) groups excluding carboxylic acids is 1. The summed E-state index contributed by atoms with van der Waals surface area (Å²) in [5.41, 5.74) is 0.112. The summed E-state index contributed by atoms with van der Waals surface area (Å²) < 4.78 is 0. The summed E-state index contributed by atoms with van der Waals surface area (Å²) in [6, 6.07) is 0. The smallest absolute Gasteiger partial charge is 0.312 e.